The molecular formula is C5H9OSi-. The average molecular weight is 113 g/mol. The second-order valence-electron chi connectivity index (χ2n) is 2.48. The summed E-state index contributed by atoms with van der Waals surface area (Å²) in [6, 6.07) is 0. The van der Waals surface area contributed by atoms with E-state index >= 15 is 0 Å². The Balaban J connectivity index is 3.72. The van der Waals surface area contributed by atoms with Crippen LogP contribution in [0.1, 0.15) is 0 Å². The van der Waals surface area contributed by atoms with E-state index in [2.05, 4.69) is 5.54 Å². The molecule has 0 atom stereocenters. The van der Waals surface area contributed by atoms with Gasteiger partial charge in [0.15, 0.2) is 0 Å². The molecule has 0 amide bonds. The van der Waals surface area contributed by atoms with Crippen molar-refractivity contribution >= 4 is 8.07 Å². The van der Waals surface area contributed by atoms with Crippen molar-refractivity contribution in [3.8, 4) is 11.7 Å². The molecule has 0 spiro atoms. The highest BCUT2D eigenvalue weighted by molar-refractivity contribution is 6.83. The molecule has 0 saturated carbocycles. The van der Waals surface area contributed by atoms with Crippen molar-refractivity contribution in [1.82, 2.24) is 0 Å². The van der Waals surface area contributed by atoms with Crippen LogP contribution in [0.15, 0.2) is 0 Å². The summed E-state index contributed by atoms with van der Waals surface area (Å²) in [6.45, 7) is 6.12. The zero-order chi connectivity index (χ0) is 5.91. The van der Waals surface area contributed by atoms with Gasteiger partial charge in [0.1, 0.15) is 8.07 Å². The number of hydrogen-bond acceptors (Lipinski definition) is 1. The molecule has 0 rings (SSSR count). The first-order valence-electron chi connectivity index (χ1n) is 2.20. The van der Waals surface area contributed by atoms with Crippen LogP contribution in [0.5, 0.6) is 0 Å². The van der Waals surface area contributed by atoms with Crippen molar-refractivity contribution in [2.24, 2.45) is 0 Å². The van der Waals surface area contributed by atoms with Crippen LogP contribution in [-0.2, 0) is 0 Å². The molecule has 0 aromatic carbocycles. The molecule has 0 fully saturated rings. The summed E-state index contributed by atoms with van der Waals surface area (Å²) >= 11 is 0. The van der Waals surface area contributed by atoms with Gasteiger partial charge in [-0.2, -0.15) is 6.11 Å². The zero-order valence-corrected chi connectivity index (χ0v) is 5.91. The lowest BCUT2D eigenvalue weighted by molar-refractivity contribution is -0.247. The first-order valence-corrected chi connectivity index (χ1v) is 5.70. The van der Waals surface area contributed by atoms with Gasteiger partial charge in [-0.1, -0.05) is 19.6 Å². The summed E-state index contributed by atoms with van der Waals surface area (Å²) < 4.78 is 0. The highest BCUT2D eigenvalue weighted by Crippen LogP contribution is 1.94. The molecule has 2 heteroatoms. The maximum Gasteiger partial charge on any atom is 0.128 e. The summed E-state index contributed by atoms with van der Waals surface area (Å²) in [5.41, 5.74) is 2.62. The molecule has 0 unspecified atom stereocenters. The van der Waals surface area contributed by atoms with Crippen LogP contribution in [0.4, 0.5) is 0 Å². The van der Waals surface area contributed by atoms with Crippen molar-refractivity contribution in [1.29, 1.82) is 0 Å². The van der Waals surface area contributed by atoms with Gasteiger partial charge < -0.3 is 5.11 Å². The van der Waals surface area contributed by atoms with E-state index < -0.39 is 8.07 Å². The first kappa shape index (κ1) is 6.58. The van der Waals surface area contributed by atoms with Crippen molar-refractivity contribution in [3.05, 3.63) is 0 Å². The minimum Gasteiger partial charge on any atom is -0.833 e. The monoisotopic (exact) mass is 113 g/mol. The fourth-order valence-electron chi connectivity index (χ4n) is 0.153. The van der Waals surface area contributed by atoms with Crippen LogP contribution >= 0.6 is 0 Å². The maximum atomic E-state index is 9.62. The van der Waals surface area contributed by atoms with Gasteiger partial charge in [0.2, 0.25) is 0 Å². The molecule has 0 radical (unpaired) electrons. The predicted molar refractivity (Wildman–Crippen MR) is 31.1 cm³/mol. The molecule has 7 heavy (non-hydrogen) atoms. The van der Waals surface area contributed by atoms with Crippen molar-refractivity contribution in [2.45, 2.75) is 19.6 Å². The lowest BCUT2D eigenvalue weighted by atomic mass is 11.3. The summed E-state index contributed by atoms with van der Waals surface area (Å²) in [5.74, 6) is 0. The lowest BCUT2D eigenvalue weighted by Crippen LogP contribution is -2.17. The van der Waals surface area contributed by atoms with Crippen LogP contribution in [-0.4, -0.2) is 8.07 Å². The third kappa shape index (κ3) is 5.58. The highest BCUT2D eigenvalue weighted by atomic mass is 28.3. The Morgan fingerprint density at radius 3 is 1.71 bits per heavy atom. The Hall–Kier alpha value is -0.423. The highest BCUT2D eigenvalue weighted by Gasteiger charge is 2.05. The summed E-state index contributed by atoms with van der Waals surface area (Å²) in [7, 11) is -1.33. The molecular weight excluding hydrogens is 104 g/mol. The smallest absolute Gasteiger partial charge is 0.128 e. The first-order chi connectivity index (χ1) is 3.06. The fraction of sp³-hybridized carbons (Fsp3) is 0.600. The van der Waals surface area contributed by atoms with Gasteiger partial charge in [0, 0.05) is 0 Å². The second kappa shape index (κ2) is 2.03. The van der Waals surface area contributed by atoms with Gasteiger partial charge >= 0.3 is 0 Å². The van der Waals surface area contributed by atoms with Gasteiger partial charge in [-0.15, -0.1) is 5.54 Å². The Kier molecular flexibility index (Phi) is 1.91. The normalized spacial score (nSPS) is 9.57. The third-order valence-corrected chi connectivity index (χ3v) is 1.28. The van der Waals surface area contributed by atoms with Gasteiger partial charge in [0.05, 0.1) is 0 Å². The molecule has 0 saturated heterocycles. The van der Waals surface area contributed by atoms with Gasteiger partial charge in [-0.3, -0.25) is 0 Å². The Morgan fingerprint density at radius 2 is 1.71 bits per heavy atom. The van der Waals surface area contributed by atoms with E-state index in [0.29, 0.717) is 0 Å². The van der Waals surface area contributed by atoms with Crippen LogP contribution in [0.3, 0.4) is 0 Å². The Bertz CT molecular complexity index is 101. The van der Waals surface area contributed by atoms with Gasteiger partial charge in [-0.25, -0.2) is 0 Å². The van der Waals surface area contributed by atoms with Crippen LogP contribution < -0.4 is 5.11 Å². The minimum atomic E-state index is -1.33. The largest absolute Gasteiger partial charge is 0.833 e. The second-order valence-corrected chi connectivity index (χ2v) is 7.23. The van der Waals surface area contributed by atoms with E-state index in [1.165, 1.54) is 0 Å². The number of rotatable bonds is 0. The Labute approximate surface area is 45.4 Å². The molecule has 0 aliphatic heterocycles. The molecule has 1 nitrogen and oxygen atoms in total. The summed E-state index contributed by atoms with van der Waals surface area (Å²) in [4.78, 5) is 0. The van der Waals surface area contributed by atoms with E-state index in [1.54, 1.807) is 6.11 Å². The minimum absolute atomic E-state index is 1.33. The van der Waals surface area contributed by atoms with E-state index in [9.17, 15) is 5.11 Å². The average Bonchev–Trinajstić information content (AvgIpc) is 1.30. The SMILES string of the molecule is C[Si](C)(C)C#C[O-]. The third-order valence-electron chi connectivity index (χ3n) is 0.426. The molecule has 0 aliphatic carbocycles. The van der Waals surface area contributed by atoms with Crippen LogP contribution in [0.2, 0.25) is 19.6 Å². The van der Waals surface area contributed by atoms with E-state index in [1.807, 2.05) is 19.6 Å². The Morgan fingerprint density at radius 1 is 1.29 bits per heavy atom. The van der Waals surface area contributed by atoms with Gasteiger partial charge in [-0.05, 0) is 0 Å². The molecule has 0 aromatic rings. The topological polar surface area (TPSA) is 23.1 Å². The molecule has 40 valence electrons. The van der Waals surface area contributed by atoms with Crippen LogP contribution in [0, 0.1) is 11.7 Å². The lowest BCUT2D eigenvalue weighted by Gasteiger charge is -2.03. The van der Waals surface area contributed by atoms with E-state index in [-0.39, 0.29) is 0 Å². The molecule has 0 heterocycles. The fourth-order valence-corrected chi connectivity index (χ4v) is 0.459. The predicted octanol–water partition coefficient (Wildman–Crippen LogP) is 0.185. The van der Waals surface area contributed by atoms with Crippen LogP contribution in [0.25, 0.3) is 0 Å². The molecule has 0 aromatic heterocycles. The van der Waals surface area contributed by atoms with Gasteiger partial charge in [0.25, 0.3) is 0 Å². The molecule has 0 bridgehead atoms. The number of hydrogen-bond donors (Lipinski definition) is 0. The van der Waals surface area contributed by atoms with E-state index in [4.69, 9.17) is 0 Å². The van der Waals surface area contributed by atoms with Crippen molar-refractivity contribution in [3.63, 3.8) is 0 Å². The van der Waals surface area contributed by atoms with Crippen molar-refractivity contribution in [2.75, 3.05) is 0 Å². The summed E-state index contributed by atoms with van der Waals surface area (Å²) in [5, 5.41) is 9.62. The van der Waals surface area contributed by atoms with E-state index in [0.717, 1.165) is 0 Å². The maximum absolute atomic E-state index is 9.62. The molecule has 0 N–H and O–H groups in total. The summed E-state index contributed by atoms with van der Waals surface area (Å²) in [6.07, 6.45) is 1.67. The van der Waals surface area contributed by atoms with Crippen molar-refractivity contribution < 1.29 is 5.11 Å². The molecule has 0 aliphatic rings. The standard InChI is InChI=1S/C5H10OSi/c1-7(2,3)5-4-6/h6H,1-3H3/p-1. The quantitative estimate of drug-likeness (QED) is 0.325. The zero-order valence-electron chi connectivity index (χ0n) is 4.91.